The van der Waals surface area contributed by atoms with E-state index in [1.807, 2.05) is 0 Å². The van der Waals surface area contributed by atoms with Gasteiger partial charge in [-0.1, -0.05) is 18.9 Å². The summed E-state index contributed by atoms with van der Waals surface area (Å²) in [5.74, 6) is 0.148. The van der Waals surface area contributed by atoms with Crippen LogP contribution in [0, 0.1) is 0 Å². The molecule has 8 nitrogen and oxygen atoms in total. The van der Waals surface area contributed by atoms with Crippen molar-refractivity contribution < 1.29 is 17.9 Å². The summed E-state index contributed by atoms with van der Waals surface area (Å²) in [5, 5.41) is 2.68. The zero-order chi connectivity index (χ0) is 20.9. The van der Waals surface area contributed by atoms with E-state index in [-0.39, 0.29) is 11.4 Å². The number of carbonyl (C=O) groups excluding carboxylic acids is 1. The molecule has 1 aliphatic rings. The summed E-state index contributed by atoms with van der Waals surface area (Å²) in [4.78, 5) is 24.6. The van der Waals surface area contributed by atoms with E-state index in [4.69, 9.17) is 4.74 Å². The average molecular weight is 420 g/mol. The van der Waals surface area contributed by atoms with Crippen molar-refractivity contribution in [3.63, 3.8) is 0 Å². The van der Waals surface area contributed by atoms with Gasteiger partial charge in [0.1, 0.15) is 12.3 Å². The molecule has 1 aliphatic heterocycles. The number of amides is 1. The molecule has 2 aromatic rings. The van der Waals surface area contributed by atoms with E-state index in [9.17, 15) is 18.0 Å². The third-order valence-corrected chi connectivity index (χ3v) is 6.71. The number of rotatable bonds is 6. The molecule has 0 saturated carbocycles. The molecular formula is C20H25N3O5S. The van der Waals surface area contributed by atoms with Gasteiger partial charge in [-0.2, -0.15) is 4.31 Å². The lowest BCUT2D eigenvalue weighted by atomic mass is 10.2. The van der Waals surface area contributed by atoms with Crippen LogP contribution in [0.1, 0.15) is 25.7 Å². The summed E-state index contributed by atoms with van der Waals surface area (Å²) in [5.41, 5.74) is 0.0800. The van der Waals surface area contributed by atoms with Crippen molar-refractivity contribution in [2.75, 3.05) is 25.5 Å². The number of anilines is 1. The minimum absolute atomic E-state index is 0.0215. The van der Waals surface area contributed by atoms with Crippen LogP contribution < -0.4 is 15.6 Å². The van der Waals surface area contributed by atoms with Gasteiger partial charge in [-0.3, -0.25) is 9.59 Å². The number of ether oxygens (including phenoxy) is 1. The average Bonchev–Trinajstić information content (AvgIpc) is 3.00. The molecule has 0 atom stereocenters. The molecule has 1 saturated heterocycles. The van der Waals surface area contributed by atoms with E-state index in [2.05, 4.69) is 5.32 Å². The Morgan fingerprint density at radius 2 is 1.83 bits per heavy atom. The van der Waals surface area contributed by atoms with Crippen molar-refractivity contribution in [3.8, 4) is 5.75 Å². The summed E-state index contributed by atoms with van der Waals surface area (Å²) >= 11 is 0. The van der Waals surface area contributed by atoms with Gasteiger partial charge < -0.3 is 14.6 Å². The van der Waals surface area contributed by atoms with Gasteiger partial charge in [-0.15, -0.1) is 0 Å². The fraction of sp³-hybridized carbons (Fsp3) is 0.400. The van der Waals surface area contributed by atoms with E-state index < -0.39 is 21.5 Å². The zero-order valence-corrected chi connectivity index (χ0v) is 17.2. The largest absolute Gasteiger partial charge is 0.497 e. The highest BCUT2D eigenvalue weighted by atomic mass is 32.2. The Morgan fingerprint density at radius 1 is 1.10 bits per heavy atom. The number of hydrogen-bond donors (Lipinski definition) is 1. The Hall–Kier alpha value is -2.65. The van der Waals surface area contributed by atoms with Crippen LogP contribution in [-0.4, -0.2) is 43.4 Å². The number of nitrogens with zero attached hydrogens (tertiary/aromatic N) is 2. The minimum Gasteiger partial charge on any atom is -0.497 e. The number of aromatic nitrogens is 1. The maximum atomic E-state index is 12.9. The van der Waals surface area contributed by atoms with Gasteiger partial charge in [0.2, 0.25) is 15.9 Å². The number of sulfonamides is 1. The molecule has 1 aromatic carbocycles. The maximum Gasteiger partial charge on any atom is 0.251 e. The molecule has 29 heavy (non-hydrogen) atoms. The van der Waals surface area contributed by atoms with Crippen LogP contribution in [0.15, 0.2) is 52.3 Å². The molecule has 0 bridgehead atoms. The Morgan fingerprint density at radius 3 is 2.52 bits per heavy atom. The first-order valence-electron chi connectivity index (χ1n) is 9.55. The van der Waals surface area contributed by atoms with Gasteiger partial charge in [0, 0.05) is 37.1 Å². The summed E-state index contributed by atoms with van der Waals surface area (Å²) in [6, 6.07) is 9.32. The topological polar surface area (TPSA) is 97.7 Å². The molecule has 1 N–H and O–H groups in total. The van der Waals surface area contributed by atoms with E-state index in [0.717, 1.165) is 30.3 Å². The van der Waals surface area contributed by atoms with E-state index in [1.165, 1.54) is 29.7 Å². The lowest BCUT2D eigenvalue weighted by Gasteiger charge is -2.20. The van der Waals surface area contributed by atoms with E-state index in [0.29, 0.717) is 24.5 Å². The number of nitrogens with one attached hydrogen (secondary N) is 1. The van der Waals surface area contributed by atoms with E-state index in [1.54, 1.807) is 24.3 Å². The highest BCUT2D eigenvalue weighted by Gasteiger charge is 2.26. The van der Waals surface area contributed by atoms with Gasteiger partial charge >= 0.3 is 0 Å². The van der Waals surface area contributed by atoms with Crippen LogP contribution >= 0.6 is 0 Å². The molecule has 9 heteroatoms. The number of carbonyl (C=O) groups is 1. The first kappa shape index (κ1) is 21.1. The van der Waals surface area contributed by atoms with Gasteiger partial charge in [-0.25, -0.2) is 8.42 Å². The summed E-state index contributed by atoms with van der Waals surface area (Å²) in [6.07, 6.45) is 4.91. The van der Waals surface area contributed by atoms with Crippen molar-refractivity contribution >= 4 is 21.6 Å². The van der Waals surface area contributed by atoms with Crippen LogP contribution in [0.2, 0.25) is 0 Å². The Balaban J connectivity index is 1.78. The number of methoxy groups -OCH3 is 1. The van der Waals surface area contributed by atoms with Crippen molar-refractivity contribution in [1.29, 1.82) is 0 Å². The van der Waals surface area contributed by atoms with Gasteiger partial charge in [0.05, 0.1) is 12.0 Å². The lowest BCUT2D eigenvalue weighted by Crippen LogP contribution is -2.33. The molecule has 1 amide bonds. The first-order chi connectivity index (χ1) is 13.9. The van der Waals surface area contributed by atoms with Crippen LogP contribution in [0.4, 0.5) is 5.69 Å². The molecule has 0 unspecified atom stereocenters. The quantitative estimate of drug-likeness (QED) is 0.773. The molecule has 2 heterocycles. The second-order valence-electron chi connectivity index (χ2n) is 6.93. The Bertz CT molecular complexity index is 1020. The van der Waals surface area contributed by atoms with Crippen LogP contribution in [0.3, 0.4) is 0 Å². The molecular weight excluding hydrogens is 394 g/mol. The standard InChI is InChI=1S/C20H25N3O5S/c1-28-17-8-6-7-16(13-17)21-19(24)15-22-14-18(9-10-20(22)25)29(26,27)23-11-4-2-3-5-12-23/h6-10,13-14H,2-5,11-12,15H2,1H3,(H,21,24). The van der Waals surface area contributed by atoms with Crippen LogP contribution in [-0.2, 0) is 21.4 Å². The SMILES string of the molecule is COc1cccc(NC(=O)Cn2cc(S(=O)(=O)N3CCCCCC3)ccc2=O)c1. The van der Waals surface area contributed by atoms with Crippen LogP contribution in [0.25, 0.3) is 0 Å². The van der Waals surface area contributed by atoms with Gasteiger partial charge in [0.25, 0.3) is 5.56 Å². The third kappa shape index (κ3) is 5.24. The fourth-order valence-electron chi connectivity index (χ4n) is 3.27. The molecule has 0 aliphatic carbocycles. The van der Waals surface area contributed by atoms with Gasteiger partial charge in [-0.05, 0) is 31.0 Å². The predicted octanol–water partition coefficient (Wildman–Crippen LogP) is 2.06. The number of hydrogen-bond acceptors (Lipinski definition) is 5. The lowest BCUT2D eigenvalue weighted by molar-refractivity contribution is -0.116. The monoisotopic (exact) mass is 419 g/mol. The van der Waals surface area contributed by atoms with E-state index >= 15 is 0 Å². The van der Waals surface area contributed by atoms with Gasteiger partial charge in [0.15, 0.2) is 0 Å². The summed E-state index contributed by atoms with van der Waals surface area (Å²) in [7, 11) is -2.18. The van der Waals surface area contributed by atoms with Crippen molar-refractivity contribution in [2.24, 2.45) is 0 Å². The minimum atomic E-state index is -3.70. The second kappa shape index (κ2) is 9.23. The fourth-order valence-corrected chi connectivity index (χ4v) is 4.81. The van der Waals surface area contributed by atoms with Crippen molar-refractivity contribution in [3.05, 3.63) is 52.9 Å². The highest BCUT2D eigenvalue weighted by Crippen LogP contribution is 2.20. The summed E-state index contributed by atoms with van der Waals surface area (Å²) in [6.45, 7) is 0.648. The van der Waals surface area contributed by atoms with Crippen molar-refractivity contribution in [1.82, 2.24) is 8.87 Å². The highest BCUT2D eigenvalue weighted by molar-refractivity contribution is 7.89. The predicted molar refractivity (Wildman–Crippen MR) is 110 cm³/mol. The summed E-state index contributed by atoms with van der Waals surface area (Å²) < 4.78 is 33.6. The number of pyridine rings is 1. The molecule has 3 rings (SSSR count). The molecule has 0 spiro atoms. The smallest absolute Gasteiger partial charge is 0.251 e. The first-order valence-corrected chi connectivity index (χ1v) is 11.0. The van der Waals surface area contributed by atoms with Crippen LogP contribution in [0.5, 0.6) is 5.75 Å². The molecule has 156 valence electrons. The molecule has 1 aromatic heterocycles. The third-order valence-electron chi connectivity index (χ3n) is 4.83. The molecule has 1 fully saturated rings. The number of benzene rings is 1. The normalized spacial score (nSPS) is 15.5. The molecule has 0 radical (unpaired) electrons. The Kier molecular flexibility index (Phi) is 6.71. The second-order valence-corrected chi connectivity index (χ2v) is 8.87. The maximum absolute atomic E-state index is 12.9. The zero-order valence-electron chi connectivity index (χ0n) is 16.3. The van der Waals surface area contributed by atoms with Crippen molar-refractivity contribution in [2.45, 2.75) is 37.1 Å². The Labute approximate surface area is 170 Å².